The van der Waals surface area contributed by atoms with Gasteiger partial charge >= 0.3 is 0 Å². The molecule has 0 aliphatic heterocycles. The highest BCUT2D eigenvalue weighted by Gasteiger charge is 2.03. The van der Waals surface area contributed by atoms with Gasteiger partial charge in [-0.1, -0.05) is 12.1 Å². The lowest BCUT2D eigenvalue weighted by molar-refractivity contribution is 0.329. The molecule has 0 saturated heterocycles. The first-order chi connectivity index (χ1) is 10.2. The highest BCUT2D eigenvalue weighted by Crippen LogP contribution is 2.20. The van der Waals surface area contributed by atoms with E-state index in [2.05, 4.69) is 22.4 Å². The van der Waals surface area contributed by atoms with Gasteiger partial charge in [0, 0.05) is 6.54 Å². The Hall–Kier alpha value is -2.43. The third-order valence-electron chi connectivity index (χ3n) is 3.05. The number of methoxy groups -OCH3 is 1. The molecular formula is C16H21N3O2. The maximum absolute atomic E-state index is 5.80. The van der Waals surface area contributed by atoms with Crippen LogP contribution in [0.1, 0.15) is 12.5 Å². The standard InChI is InChI=1S/C16H21N3O2/c1-3-21-16-14(17)8-9-15(19-16)18-11-10-12-4-6-13(20-2)7-5-12/h4-9H,3,10-11,17H2,1-2H3,(H,18,19). The Kier molecular flexibility index (Phi) is 5.26. The number of rotatable bonds is 7. The van der Waals surface area contributed by atoms with Crippen molar-refractivity contribution in [3.05, 3.63) is 42.0 Å². The lowest BCUT2D eigenvalue weighted by Crippen LogP contribution is -2.08. The van der Waals surface area contributed by atoms with Gasteiger partial charge in [0.05, 0.1) is 19.4 Å². The van der Waals surface area contributed by atoms with E-state index in [0.29, 0.717) is 18.2 Å². The molecule has 0 aliphatic rings. The normalized spacial score (nSPS) is 10.2. The van der Waals surface area contributed by atoms with Crippen LogP contribution in [-0.2, 0) is 6.42 Å². The summed E-state index contributed by atoms with van der Waals surface area (Å²) >= 11 is 0. The molecule has 0 unspecified atom stereocenters. The third kappa shape index (κ3) is 4.27. The molecule has 2 rings (SSSR count). The number of hydrogen-bond acceptors (Lipinski definition) is 5. The topological polar surface area (TPSA) is 69.4 Å². The molecule has 0 amide bonds. The van der Waals surface area contributed by atoms with E-state index in [0.717, 1.165) is 24.5 Å². The molecule has 0 spiro atoms. The predicted molar refractivity (Wildman–Crippen MR) is 85.0 cm³/mol. The monoisotopic (exact) mass is 287 g/mol. The maximum Gasteiger partial charge on any atom is 0.239 e. The molecule has 1 aromatic carbocycles. The summed E-state index contributed by atoms with van der Waals surface area (Å²) in [6, 6.07) is 11.7. The number of nitrogens with zero attached hydrogens (tertiary/aromatic N) is 1. The minimum atomic E-state index is 0.479. The van der Waals surface area contributed by atoms with Crippen molar-refractivity contribution >= 4 is 11.5 Å². The van der Waals surface area contributed by atoms with E-state index in [1.165, 1.54) is 5.56 Å². The van der Waals surface area contributed by atoms with Gasteiger partial charge < -0.3 is 20.5 Å². The quantitative estimate of drug-likeness (QED) is 0.819. The van der Waals surface area contributed by atoms with E-state index in [1.54, 1.807) is 13.2 Å². The minimum absolute atomic E-state index is 0.479. The zero-order valence-corrected chi connectivity index (χ0v) is 12.4. The van der Waals surface area contributed by atoms with E-state index in [-0.39, 0.29) is 0 Å². The van der Waals surface area contributed by atoms with Gasteiger partial charge in [-0.2, -0.15) is 4.98 Å². The van der Waals surface area contributed by atoms with Gasteiger partial charge in [0.25, 0.3) is 0 Å². The smallest absolute Gasteiger partial charge is 0.239 e. The van der Waals surface area contributed by atoms with E-state index >= 15 is 0 Å². The summed E-state index contributed by atoms with van der Waals surface area (Å²) in [6.45, 7) is 3.24. The van der Waals surface area contributed by atoms with Gasteiger partial charge in [-0.25, -0.2) is 0 Å². The van der Waals surface area contributed by atoms with Crippen molar-refractivity contribution in [3.8, 4) is 11.6 Å². The van der Waals surface area contributed by atoms with Crippen molar-refractivity contribution in [2.75, 3.05) is 31.3 Å². The Labute approximate surface area is 125 Å². The average molecular weight is 287 g/mol. The maximum atomic E-state index is 5.80. The first-order valence-electron chi connectivity index (χ1n) is 6.99. The van der Waals surface area contributed by atoms with Crippen LogP contribution < -0.4 is 20.5 Å². The number of nitrogen functional groups attached to an aromatic ring is 1. The van der Waals surface area contributed by atoms with Crippen LogP contribution >= 0.6 is 0 Å². The van der Waals surface area contributed by atoms with Gasteiger partial charge in [-0.15, -0.1) is 0 Å². The molecule has 1 aromatic heterocycles. The fourth-order valence-corrected chi connectivity index (χ4v) is 1.93. The molecule has 0 atom stereocenters. The molecule has 21 heavy (non-hydrogen) atoms. The zero-order chi connectivity index (χ0) is 15.1. The summed E-state index contributed by atoms with van der Waals surface area (Å²) < 4.78 is 10.5. The Bertz CT molecular complexity index is 570. The van der Waals surface area contributed by atoms with Crippen LogP contribution in [0, 0.1) is 0 Å². The van der Waals surface area contributed by atoms with E-state index in [9.17, 15) is 0 Å². The van der Waals surface area contributed by atoms with Gasteiger partial charge in [0.2, 0.25) is 5.88 Å². The van der Waals surface area contributed by atoms with Crippen molar-refractivity contribution in [2.45, 2.75) is 13.3 Å². The van der Waals surface area contributed by atoms with Gasteiger partial charge in [0.1, 0.15) is 11.6 Å². The lowest BCUT2D eigenvalue weighted by atomic mass is 10.1. The molecule has 3 N–H and O–H groups in total. The van der Waals surface area contributed by atoms with Crippen molar-refractivity contribution in [1.29, 1.82) is 0 Å². The highest BCUT2D eigenvalue weighted by molar-refractivity contribution is 5.53. The van der Waals surface area contributed by atoms with Crippen molar-refractivity contribution < 1.29 is 9.47 Å². The molecule has 5 heteroatoms. The summed E-state index contributed by atoms with van der Waals surface area (Å²) in [5, 5.41) is 3.27. The van der Waals surface area contributed by atoms with Crippen LogP contribution in [0.5, 0.6) is 11.6 Å². The average Bonchev–Trinajstić information content (AvgIpc) is 2.51. The number of hydrogen-bond donors (Lipinski definition) is 2. The summed E-state index contributed by atoms with van der Waals surface area (Å²) in [6.07, 6.45) is 0.903. The van der Waals surface area contributed by atoms with Crippen molar-refractivity contribution in [1.82, 2.24) is 4.98 Å². The van der Waals surface area contributed by atoms with Crippen LogP contribution in [0.15, 0.2) is 36.4 Å². The number of ether oxygens (including phenoxy) is 2. The molecule has 0 saturated carbocycles. The molecule has 5 nitrogen and oxygen atoms in total. The fourth-order valence-electron chi connectivity index (χ4n) is 1.93. The number of benzene rings is 1. The molecule has 0 bridgehead atoms. The Morgan fingerprint density at radius 3 is 2.57 bits per heavy atom. The van der Waals surface area contributed by atoms with Gasteiger partial charge in [-0.3, -0.25) is 0 Å². The summed E-state index contributed by atoms with van der Waals surface area (Å²) in [7, 11) is 1.67. The molecule has 0 fully saturated rings. The Morgan fingerprint density at radius 2 is 1.90 bits per heavy atom. The fraction of sp³-hybridized carbons (Fsp3) is 0.312. The number of aromatic nitrogens is 1. The van der Waals surface area contributed by atoms with Crippen LogP contribution in [0.25, 0.3) is 0 Å². The van der Waals surface area contributed by atoms with Gasteiger partial charge in [0.15, 0.2) is 0 Å². The van der Waals surface area contributed by atoms with Crippen molar-refractivity contribution in [3.63, 3.8) is 0 Å². The second kappa shape index (κ2) is 7.38. The van der Waals surface area contributed by atoms with E-state index in [1.807, 2.05) is 25.1 Å². The zero-order valence-electron chi connectivity index (χ0n) is 12.4. The van der Waals surface area contributed by atoms with E-state index < -0.39 is 0 Å². The molecule has 112 valence electrons. The predicted octanol–water partition coefficient (Wildman–Crippen LogP) is 2.73. The van der Waals surface area contributed by atoms with E-state index in [4.69, 9.17) is 15.2 Å². The van der Waals surface area contributed by atoms with Crippen LogP contribution in [0.2, 0.25) is 0 Å². The van der Waals surface area contributed by atoms with Gasteiger partial charge in [-0.05, 0) is 43.2 Å². The summed E-state index contributed by atoms with van der Waals surface area (Å²) in [5.74, 6) is 2.11. The number of nitrogens with one attached hydrogen (secondary N) is 1. The number of nitrogens with two attached hydrogens (primary N) is 1. The van der Waals surface area contributed by atoms with Crippen LogP contribution in [-0.4, -0.2) is 25.2 Å². The second-order valence-corrected chi connectivity index (χ2v) is 4.55. The number of pyridine rings is 1. The molecule has 2 aromatic rings. The Morgan fingerprint density at radius 1 is 1.14 bits per heavy atom. The lowest BCUT2D eigenvalue weighted by Gasteiger charge is -2.10. The first kappa shape index (κ1) is 15.0. The SMILES string of the molecule is CCOc1nc(NCCc2ccc(OC)cc2)ccc1N. The summed E-state index contributed by atoms with van der Waals surface area (Å²) in [4.78, 5) is 4.34. The molecular weight excluding hydrogens is 266 g/mol. The Balaban J connectivity index is 1.89. The van der Waals surface area contributed by atoms with Crippen LogP contribution in [0.3, 0.4) is 0 Å². The van der Waals surface area contributed by atoms with Crippen LogP contribution in [0.4, 0.5) is 11.5 Å². The molecule has 0 aliphatic carbocycles. The van der Waals surface area contributed by atoms with Crippen molar-refractivity contribution in [2.24, 2.45) is 0 Å². The third-order valence-corrected chi connectivity index (χ3v) is 3.05. The number of anilines is 2. The molecule has 0 radical (unpaired) electrons. The second-order valence-electron chi connectivity index (χ2n) is 4.55. The minimum Gasteiger partial charge on any atom is -0.497 e. The first-order valence-corrected chi connectivity index (χ1v) is 6.99. The summed E-state index contributed by atoms with van der Waals surface area (Å²) in [5.41, 5.74) is 7.59. The largest absolute Gasteiger partial charge is 0.497 e. The molecule has 1 heterocycles. The highest BCUT2D eigenvalue weighted by atomic mass is 16.5.